The quantitative estimate of drug-likeness (QED) is 0.328. The smallest absolute Gasteiger partial charge is 0.151 e. The summed E-state index contributed by atoms with van der Waals surface area (Å²) in [5.41, 5.74) is 9.26. The Labute approximate surface area is 209 Å². The molecular weight excluding hydrogens is 454 g/mol. The lowest BCUT2D eigenvalue weighted by atomic mass is 10.1. The van der Waals surface area contributed by atoms with Gasteiger partial charge in [0.1, 0.15) is 17.7 Å². The second-order valence-corrected chi connectivity index (χ2v) is 9.99. The van der Waals surface area contributed by atoms with Gasteiger partial charge in [0.25, 0.3) is 0 Å². The monoisotopic (exact) mass is 481 g/mol. The van der Waals surface area contributed by atoms with Crippen LogP contribution in [0.3, 0.4) is 0 Å². The maximum atomic E-state index is 6.36. The van der Waals surface area contributed by atoms with E-state index in [4.69, 9.17) is 15.5 Å². The number of hydrogen-bond acceptors (Lipinski definition) is 7. The summed E-state index contributed by atoms with van der Waals surface area (Å²) < 4.78 is 6.36. The van der Waals surface area contributed by atoms with Crippen molar-refractivity contribution in [3.8, 4) is 5.75 Å². The highest BCUT2D eigenvalue weighted by Crippen LogP contribution is 2.50. The Morgan fingerprint density at radius 3 is 2.51 bits per heavy atom. The zero-order valence-electron chi connectivity index (χ0n) is 19.4. The Kier molecular flexibility index (Phi) is 6.02. The van der Waals surface area contributed by atoms with Crippen LogP contribution in [0.2, 0.25) is 0 Å². The van der Waals surface area contributed by atoms with Gasteiger partial charge in [0, 0.05) is 42.6 Å². The highest BCUT2D eigenvalue weighted by Gasteiger charge is 2.26. The first-order valence-corrected chi connectivity index (χ1v) is 12.8. The molecule has 35 heavy (non-hydrogen) atoms. The Hall–Kier alpha value is -3.55. The predicted molar refractivity (Wildman–Crippen MR) is 141 cm³/mol. The van der Waals surface area contributed by atoms with Crippen LogP contribution in [0.25, 0.3) is 0 Å². The van der Waals surface area contributed by atoms with Crippen molar-refractivity contribution in [1.29, 1.82) is 0 Å². The minimum Gasteiger partial charge on any atom is -0.490 e. The van der Waals surface area contributed by atoms with Crippen LogP contribution in [0.4, 0.5) is 23.0 Å². The van der Waals surface area contributed by atoms with E-state index in [1.54, 1.807) is 18.0 Å². The first-order chi connectivity index (χ1) is 17.2. The van der Waals surface area contributed by atoms with Gasteiger partial charge in [0.05, 0.1) is 10.6 Å². The molecule has 2 N–H and O–H groups in total. The Morgan fingerprint density at radius 2 is 1.69 bits per heavy atom. The molecule has 6 rings (SSSR count). The normalized spacial score (nSPS) is 15.9. The number of pyridine rings is 2. The standard InChI is InChI=1S/C28H27N5OS/c29-27-18-20(11-15-30-27)19-32-16-12-23(13-17-32)34-22-9-7-21(8-10-22)33-24-4-1-2-5-25(24)35-26-6-3-14-31-28(26)33/h1-11,14-15,18,23H,12-13,16-17,19H2,(H2,29,30). The number of aromatic nitrogens is 2. The van der Waals surface area contributed by atoms with Crippen LogP contribution in [-0.4, -0.2) is 34.1 Å². The number of nitrogen functional groups attached to an aromatic ring is 1. The van der Waals surface area contributed by atoms with Crippen LogP contribution in [0.5, 0.6) is 5.75 Å². The summed E-state index contributed by atoms with van der Waals surface area (Å²) in [5, 5.41) is 0. The third kappa shape index (κ3) is 4.70. The minimum absolute atomic E-state index is 0.231. The van der Waals surface area contributed by atoms with E-state index in [1.807, 2.05) is 24.4 Å². The minimum atomic E-state index is 0.231. The van der Waals surface area contributed by atoms with Gasteiger partial charge in [-0.05, 0) is 79.1 Å². The molecule has 0 atom stereocenters. The molecule has 2 aromatic heterocycles. The Morgan fingerprint density at radius 1 is 0.886 bits per heavy atom. The first-order valence-electron chi connectivity index (χ1n) is 11.9. The molecule has 7 heteroatoms. The number of fused-ring (bicyclic) bond motifs is 2. The number of anilines is 4. The molecule has 0 saturated carbocycles. The molecule has 0 aliphatic carbocycles. The molecule has 2 aromatic carbocycles. The van der Waals surface area contributed by atoms with Crippen molar-refractivity contribution in [2.45, 2.75) is 35.3 Å². The number of likely N-dealkylation sites (tertiary alicyclic amines) is 1. The van der Waals surface area contributed by atoms with Gasteiger partial charge < -0.3 is 10.5 Å². The zero-order chi connectivity index (χ0) is 23.6. The lowest BCUT2D eigenvalue weighted by Crippen LogP contribution is -2.37. The molecule has 1 fully saturated rings. The summed E-state index contributed by atoms with van der Waals surface area (Å²) in [6, 6.07) is 25.0. The molecule has 2 aliphatic rings. The van der Waals surface area contributed by atoms with Crippen molar-refractivity contribution in [3.05, 3.63) is 90.8 Å². The van der Waals surface area contributed by atoms with E-state index in [-0.39, 0.29) is 6.10 Å². The highest BCUT2D eigenvalue weighted by atomic mass is 32.2. The van der Waals surface area contributed by atoms with Crippen molar-refractivity contribution in [2.24, 2.45) is 0 Å². The number of piperidine rings is 1. The van der Waals surface area contributed by atoms with Crippen LogP contribution in [0, 0.1) is 0 Å². The molecule has 6 nitrogen and oxygen atoms in total. The summed E-state index contributed by atoms with van der Waals surface area (Å²) in [5.74, 6) is 2.46. The number of benzene rings is 2. The SMILES string of the molecule is Nc1cc(CN2CCC(Oc3ccc(N4c5ccccc5Sc5cccnc54)cc3)CC2)ccn1. The van der Waals surface area contributed by atoms with E-state index < -0.39 is 0 Å². The maximum absolute atomic E-state index is 6.36. The fourth-order valence-electron chi connectivity index (χ4n) is 4.75. The summed E-state index contributed by atoms with van der Waals surface area (Å²) in [6.07, 6.45) is 5.88. The zero-order valence-corrected chi connectivity index (χ0v) is 20.2. The van der Waals surface area contributed by atoms with Crippen molar-refractivity contribution >= 4 is 34.8 Å². The maximum Gasteiger partial charge on any atom is 0.151 e. The largest absolute Gasteiger partial charge is 0.490 e. The van der Waals surface area contributed by atoms with Crippen LogP contribution >= 0.6 is 11.8 Å². The van der Waals surface area contributed by atoms with Gasteiger partial charge in [-0.1, -0.05) is 23.9 Å². The average molecular weight is 482 g/mol. The van der Waals surface area contributed by atoms with Crippen LogP contribution in [-0.2, 0) is 6.54 Å². The molecule has 4 aromatic rings. The van der Waals surface area contributed by atoms with E-state index in [0.29, 0.717) is 5.82 Å². The number of rotatable bonds is 5. The Balaban J connectivity index is 1.12. The van der Waals surface area contributed by atoms with Crippen molar-refractivity contribution < 1.29 is 4.74 Å². The van der Waals surface area contributed by atoms with Crippen molar-refractivity contribution in [3.63, 3.8) is 0 Å². The molecular formula is C28H27N5OS. The van der Waals surface area contributed by atoms with E-state index in [0.717, 1.165) is 60.3 Å². The van der Waals surface area contributed by atoms with Crippen molar-refractivity contribution in [2.75, 3.05) is 23.7 Å². The van der Waals surface area contributed by atoms with Gasteiger partial charge in [-0.3, -0.25) is 9.80 Å². The second-order valence-electron chi connectivity index (χ2n) is 8.91. The fourth-order valence-corrected chi connectivity index (χ4v) is 5.78. The van der Waals surface area contributed by atoms with Gasteiger partial charge in [-0.15, -0.1) is 0 Å². The van der Waals surface area contributed by atoms with E-state index in [1.165, 1.54) is 10.5 Å². The third-order valence-corrected chi connectivity index (χ3v) is 7.58. The van der Waals surface area contributed by atoms with E-state index in [9.17, 15) is 0 Å². The molecule has 2 aliphatic heterocycles. The van der Waals surface area contributed by atoms with Crippen molar-refractivity contribution in [1.82, 2.24) is 14.9 Å². The molecule has 0 bridgehead atoms. The van der Waals surface area contributed by atoms with Gasteiger partial charge in [-0.25, -0.2) is 9.97 Å². The molecule has 0 unspecified atom stereocenters. The Bertz CT molecular complexity index is 1280. The van der Waals surface area contributed by atoms with E-state index in [2.05, 4.69) is 69.4 Å². The highest BCUT2D eigenvalue weighted by molar-refractivity contribution is 7.99. The fraction of sp³-hybridized carbons (Fsp3) is 0.214. The molecule has 176 valence electrons. The number of para-hydroxylation sites is 1. The van der Waals surface area contributed by atoms with Gasteiger partial charge in [0.15, 0.2) is 5.82 Å². The summed E-state index contributed by atoms with van der Waals surface area (Å²) in [6.45, 7) is 2.92. The number of nitrogens with zero attached hydrogens (tertiary/aromatic N) is 4. The summed E-state index contributed by atoms with van der Waals surface area (Å²) in [7, 11) is 0. The lowest BCUT2D eigenvalue weighted by Gasteiger charge is -2.33. The van der Waals surface area contributed by atoms with Gasteiger partial charge in [0.2, 0.25) is 0 Å². The summed E-state index contributed by atoms with van der Waals surface area (Å²) >= 11 is 1.77. The van der Waals surface area contributed by atoms with Gasteiger partial charge >= 0.3 is 0 Å². The number of nitrogens with two attached hydrogens (primary N) is 1. The average Bonchev–Trinajstić information content (AvgIpc) is 2.89. The van der Waals surface area contributed by atoms with Crippen LogP contribution < -0.4 is 15.4 Å². The molecule has 1 saturated heterocycles. The van der Waals surface area contributed by atoms with Crippen LogP contribution in [0.1, 0.15) is 18.4 Å². The topological polar surface area (TPSA) is 67.5 Å². The third-order valence-electron chi connectivity index (χ3n) is 6.47. The summed E-state index contributed by atoms with van der Waals surface area (Å²) in [4.78, 5) is 15.8. The molecule has 0 radical (unpaired) electrons. The van der Waals surface area contributed by atoms with E-state index >= 15 is 0 Å². The first kappa shape index (κ1) is 21.9. The van der Waals surface area contributed by atoms with Crippen LogP contribution in [0.15, 0.2) is 95.0 Å². The lowest BCUT2D eigenvalue weighted by molar-refractivity contribution is 0.0968. The second kappa shape index (κ2) is 9.60. The molecule has 0 amide bonds. The number of ether oxygens (including phenoxy) is 1. The number of hydrogen-bond donors (Lipinski definition) is 1. The molecule has 4 heterocycles. The molecule has 0 spiro atoms. The predicted octanol–water partition coefficient (Wildman–Crippen LogP) is 6.04. The van der Waals surface area contributed by atoms with Gasteiger partial charge in [-0.2, -0.15) is 0 Å².